The van der Waals surface area contributed by atoms with Crippen molar-refractivity contribution in [2.45, 2.75) is 0 Å². The fraction of sp³-hybridized carbons (Fsp3) is 0.100. The van der Waals surface area contributed by atoms with E-state index in [0.29, 0.717) is 10.8 Å². The van der Waals surface area contributed by atoms with Crippen molar-refractivity contribution in [3.05, 3.63) is 29.9 Å². The van der Waals surface area contributed by atoms with Crippen LogP contribution in [-0.2, 0) is 0 Å². The number of fused-ring (bicyclic) bond motifs is 1. The maximum Gasteiger partial charge on any atom is 0.182 e. The van der Waals surface area contributed by atoms with Gasteiger partial charge in [-0.1, -0.05) is 11.6 Å². The molecule has 2 N–H and O–H groups in total. The SMILES string of the molecule is CN(c1ccc(Cl)[nH]1)c1ncnc2nc[nH]c12. The first kappa shape index (κ1) is 10.1. The van der Waals surface area contributed by atoms with E-state index in [1.165, 1.54) is 6.33 Å². The first-order valence-corrected chi connectivity index (χ1v) is 5.36. The van der Waals surface area contributed by atoms with Crippen molar-refractivity contribution in [3.63, 3.8) is 0 Å². The zero-order valence-corrected chi connectivity index (χ0v) is 9.73. The predicted octanol–water partition coefficient (Wildman–Crippen LogP) is 2.10. The number of halogens is 1. The molecule has 3 aromatic rings. The Morgan fingerprint density at radius 1 is 1.24 bits per heavy atom. The summed E-state index contributed by atoms with van der Waals surface area (Å²) in [6.45, 7) is 0. The van der Waals surface area contributed by atoms with Crippen LogP contribution in [0.5, 0.6) is 0 Å². The summed E-state index contributed by atoms with van der Waals surface area (Å²) in [5.41, 5.74) is 1.43. The molecule has 0 spiro atoms. The van der Waals surface area contributed by atoms with E-state index in [4.69, 9.17) is 11.6 Å². The first-order valence-electron chi connectivity index (χ1n) is 4.98. The van der Waals surface area contributed by atoms with Gasteiger partial charge in [0.15, 0.2) is 11.5 Å². The van der Waals surface area contributed by atoms with Crippen molar-refractivity contribution in [2.75, 3.05) is 11.9 Å². The highest BCUT2D eigenvalue weighted by molar-refractivity contribution is 6.29. The second kappa shape index (κ2) is 3.74. The van der Waals surface area contributed by atoms with Crippen LogP contribution in [0.15, 0.2) is 24.8 Å². The van der Waals surface area contributed by atoms with Gasteiger partial charge in [-0.05, 0) is 12.1 Å². The van der Waals surface area contributed by atoms with Crippen molar-refractivity contribution in [3.8, 4) is 0 Å². The van der Waals surface area contributed by atoms with Gasteiger partial charge in [-0.3, -0.25) is 0 Å². The van der Waals surface area contributed by atoms with Crippen LogP contribution in [0.4, 0.5) is 11.6 Å². The van der Waals surface area contributed by atoms with Crippen molar-refractivity contribution >= 4 is 34.4 Å². The number of nitrogens with one attached hydrogen (secondary N) is 2. The van der Waals surface area contributed by atoms with Gasteiger partial charge in [0, 0.05) is 7.05 Å². The maximum absolute atomic E-state index is 5.85. The monoisotopic (exact) mass is 248 g/mol. The fourth-order valence-corrected chi connectivity index (χ4v) is 1.83. The van der Waals surface area contributed by atoms with Crippen molar-refractivity contribution in [1.29, 1.82) is 0 Å². The van der Waals surface area contributed by atoms with Gasteiger partial charge in [0.2, 0.25) is 0 Å². The second-order valence-corrected chi connectivity index (χ2v) is 3.96. The zero-order chi connectivity index (χ0) is 11.8. The average molecular weight is 249 g/mol. The highest BCUT2D eigenvalue weighted by atomic mass is 35.5. The lowest BCUT2D eigenvalue weighted by Gasteiger charge is -2.16. The third-order valence-electron chi connectivity index (χ3n) is 2.52. The van der Waals surface area contributed by atoms with E-state index in [-0.39, 0.29) is 0 Å². The molecule has 0 saturated carbocycles. The van der Waals surface area contributed by atoms with Gasteiger partial charge in [-0.15, -0.1) is 0 Å². The van der Waals surface area contributed by atoms with E-state index in [2.05, 4.69) is 24.9 Å². The Balaban J connectivity index is 2.12. The van der Waals surface area contributed by atoms with Crippen molar-refractivity contribution < 1.29 is 0 Å². The first-order chi connectivity index (χ1) is 8.25. The Labute approximate surface area is 102 Å². The van der Waals surface area contributed by atoms with Gasteiger partial charge < -0.3 is 14.9 Å². The Kier molecular flexibility index (Phi) is 2.22. The number of rotatable bonds is 2. The van der Waals surface area contributed by atoms with Gasteiger partial charge >= 0.3 is 0 Å². The molecule has 7 heteroatoms. The van der Waals surface area contributed by atoms with E-state index >= 15 is 0 Å². The number of anilines is 2. The summed E-state index contributed by atoms with van der Waals surface area (Å²) >= 11 is 5.85. The van der Waals surface area contributed by atoms with Gasteiger partial charge in [0.1, 0.15) is 22.8 Å². The van der Waals surface area contributed by atoms with E-state index in [9.17, 15) is 0 Å². The third kappa shape index (κ3) is 1.62. The molecular weight excluding hydrogens is 240 g/mol. The molecule has 17 heavy (non-hydrogen) atoms. The summed E-state index contributed by atoms with van der Waals surface area (Å²) in [5, 5.41) is 0.585. The molecule has 6 nitrogen and oxygen atoms in total. The van der Waals surface area contributed by atoms with Crippen LogP contribution in [0.2, 0.25) is 5.15 Å². The minimum absolute atomic E-state index is 0.585. The number of imidazole rings is 1. The highest BCUT2D eigenvalue weighted by Crippen LogP contribution is 2.26. The van der Waals surface area contributed by atoms with Crippen molar-refractivity contribution in [2.24, 2.45) is 0 Å². The number of nitrogens with zero attached hydrogens (tertiary/aromatic N) is 4. The molecule has 0 aliphatic carbocycles. The topological polar surface area (TPSA) is 73.5 Å². The molecule has 0 unspecified atom stereocenters. The Bertz CT molecular complexity index is 657. The lowest BCUT2D eigenvalue weighted by Crippen LogP contribution is -2.12. The molecule has 0 atom stereocenters. The lowest BCUT2D eigenvalue weighted by atomic mass is 10.4. The highest BCUT2D eigenvalue weighted by Gasteiger charge is 2.12. The molecule has 0 bridgehead atoms. The largest absolute Gasteiger partial charge is 0.340 e. The average Bonchev–Trinajstić information content (AvgIpc) is 2.95. The molecule has 0 radical (unpaired) electrons. The molecule has 3 rings (SSSR count). The number of hydrogen-bond acceptors (Lipinski definition) is 4. The van der Waals surface area contributed by atoms with Gasteiger partial charge in [0.05, 0.1) is 6.33 Å². The van der Waals surface area contributed by atoms with Crippen molar-refractivity contribution in [1.82, 2.24) is 24.9 Å². The molecule has 0 saturated heterocycles. The van der Waals surface area contributed by atoms with Gasteiger partial charge in [-0.25, -0.2) is 15.0 Å². The number of hydrogen-bond donors (Lipinski definition) is 2. The number of aromatic nitrogens is 5. The lowest BCUT2D eigenvalue weighted by molar-refractivity contribution is 1.08. The minimum atomic E-state index is 0.585. The summed E-state index contributed by atoms with van der Waals surface area (Å²) in [6.07, 6.45) is 3.08. The van der Waals surface area contributed by atoms with Gasteiger partial charge in [0.25, 0.3) is 0 Å². The van der Waals surface area contributed by atoms with E-state index < -0.39 is 0 Å². The minimum Gasteiger partial charge on any atom is -0.340 e. The maximum atomic E-state index is 5.85. The molecule has 3 heterocycles. The van der Waals surface area contributed by atoms with E-state index in [1.807, 2.05) is 18.0 Å². The van der Waals surface area contributed by atoms with Gasteiger partial charge in [-0.2, -0.15) is 0 Å². The zero-order valence-electron chi connectivity index (χ0n) is 8.98. The summed E-state index contributed by atoms with van der Waals surface area (Å²) in [5.74, 6) is 1.59. The number of H-pyrrole nitrogens is 2. The smallest absolute Gasteiger partial charge is 0.182 e. The van der Waals surface area contributed by atoms with Crippen LogP contribution < -0.4 is 4.90 Å². The van der Waals surface area contributed by atoms with Crippen LogP contribution in [0, 0.1) is 0 Å². The summed E-state index contributed by atoms with van der Waals surface area (Å²) in [6, 6.07) is 3.67. The van der Waals surface area contributed by atoms with E-state index in [0.717, 1.165) is 17.2 Å². The quantitative estimate of drug-likeness (QED) is 0.728. The molecule has 0 aliphatic heterocycles. The predicted molar refractivity (Wildman–Crippen MR) is 65.5 cm³/mol. The third-order valence-corrected chi connectivity index (χ3v) is 2.74. The van der Waals surface area contributed by atoms with Crippen LogP contribution in [0.25, 0.3) is 11.2 Å². The second-order valence-electron chi connectivity index (χ2n) is 3.55. The molecule has 0 fully saturated rings. The van der Waals surface area contributed by atoms with Crippen LogP contribution in [0.1, 0.15) is 0 Å². The summed E-state index contributed by atoms with van der Waals surface area (Å²) in [4.78, 5) is 20.3. The molecule has 0 amide bonds. The van der Waals surface area contributed by atoms with E-state index in [1.54, 1.807) is 12.4 Å². The Hall–Kier alpha value is -2.08. The van der Waals surface area contributed by atoms with Crippen LogP contribution in [0.3, 0.4) is 0 Å². The number of aromatic amines is 2. The van der Waals surface area contributed by atoms with Crippen LogP contribution >= 0.6 is 11.6 Å². The Morgan fingerprint density at radius 3 is 2.88 bits per heavy atom. The fourth-order valence-electron chi connectivity index (χ4n) is 1.67. The molecule has 0 aromatic carbocycles. The molecule has 86 valence electrons. The summed E-state index contributed by atoms with van der Waals surface area (Å²) < 4.78 is 0. The molecule has 0 aliphatic rings. The standard InChI is InChI=1S/C10H9ClN6/c1-17(7-3-2-6(11)16-7)10-8-9(13-4-12-8)14-5-15-10/h2-5,16H,1H3,(H,12,13,14,15). The van der Waals surface area contributed by atoms with Crippen LogP contribution in [-0.4, -0.2) is 32.0 Å². The molecule has 3 aromatic heterocycles. The normalized spacial score (nSPS) is 10.9. The Morgan fingerprint density at radius 2 is 2.12 bits per heavy atom. The summed E-state index contributed by atoms with van der Waals surface area (Å²) in [7, 11) is 1.89. The molecular formula is C10H9ClN6.